The first kappa shape index (κ1) is 29.6. The fraction of sp³-hybridized carbons (Fsp3) is 0.364. The number of Topliss-reactive ketones (excluding diaryl/α,β-unsaturated/α-hetero) is 1. The lowest BCUT2D eigenvalue weighted by molar-refractivity contribution is -0.140. The van der Waals surface area contributed by atoms with Crippen LogP contribution in [-0.4, -0.2) is 66.9 Å². The maximum absolute atomic E-state index is 13.5. The zero-order chi connectivity index (χ0) is 30.3. The highest BCUT2D eigenvalue weighted by atomic mass is 16.5. The summed E-state index contributed by atoms with van der Waals surface area (Å²) in [7, 11) is 1.53. The lowest BCUT2D eigenvalue weighted by Gasteiger charge is -2.25. The minimum Gasteiger partial charge on any atom is -0.497 e. The highest BCUT2D eigenvalue weighted by molar-refractivity contribution is 6.12. The number of nitrogens with one attached hydrogen (secondary N) is 1. The Labute approximate surface area is 250 Å². The molecule has 0 bridgehead atoms. The molecule has 2 aliphatic rings. The molecule has 1 aromatic heterocycles. The number of anilines is 1. The molecule has 0 radical (unpaired) electrons. The van der Waals surface area contributed by atoms with Crippen LogP contribution in [0.25, 0.3) is 11.0 Å². The average molecular weight is 582 g/mol. The maximum atomic E-state index is 13.5. The SMILES string of the molecule is COc1ccc(C(=O)/C(C#N)=C(/N=C\C2CCCCN(CC(=O)N3CCCC3)C2=O)Nc2ccc3oc(C)cc3c2)cc1. The van der Waals surface area contributed by atoms with Crippen molar-refractivity contribution in [3.8, 4) is 11.8 Å². The van der Waals surface area contributed by atoms with Crippen molar-refractivity contribution in [1.29, 1.82) is 5.26 Å². The zero-order valence-corrected chi connectivity index (χ0v) is 24.5. The quantitative estimate of drug-likeness (QED) is 0.161. The number of rotatable bonds is 9. The van der Waals surface area contributed by atoms with Gasteiger partial charge in [0.15, 0.2) is 5.82 Å². The van der Waals surface area contributed by atoms with E-state index in [0.717, 1.165) is 49.9 Å². The van der Waals surface area contributed by atoms with E-state index in [9.17, 15) is 19.6 Å². The number of nitrogens with zero attached hydrogens (tertiary/aromatic N) is 4. The largest absolute Gasteiger partial charge is 0.497 e. The van der Waals surface area contributed by atoms with Crippen LogP contribution in [0.5, 0.6) is 5.75 Å². The molecule has 43 heavy (non-hydrogen) atoms. The van der Waals surface area contributed by atoms with Gasteiger partial charge in [0.1, 0.15) is 28.7 Å². The lowest BCUT2D eigenvalue weighted by Crippen LogP contribution is -2.43. The van der Waals surface area contributed by atoms with Crippen LogP contribution < -0.4 is 10.1 Å². The molecule has 10 nitrogen and oxygen atoms in total. The van der Waals surface area contributed by atoms with Crippen LogP contribution in [0, 0.1) is 24.2 Å². The second-order valence-electron chi connectivity index (χ2n) is 10.9. The third kappa shape index (κ3) is 6.95. The molecule has 1 atom stereocenters. The second kappa shape index (κ2) is 13.4. The summed E-state index contributed by atoms with van der Waals surface area (Å²) < 4.78 is 10.9. The van der Waals surface area contributed by atoms with E-state index in [1.165, 1.54) is 13.3 Å². The first-order valence-corrected chi connectivity index (χ1v) is 14.6. The average Bonchev–Trinajstić information content (AvgIpc) is 3.65. The van der Waals surface area contributed by atoms with Gasteiger partial charge in [-0.3, -0.25) is 14.4 Å². The highest BCUT2D eigenvalue weighted by Crippen LogP contribution is 2.26. The number of hydrogen-bond donors (Lipinski definition) is 1. The molecule has 1 N–H and O–H groups in total. The molecule has 3 heterocycles. The zero-order valence-electron chi connectivity index (χ0n) is 24.5. The van der Waals surface area contributed by atoms with Crippen molar-refractivity contribution < 1.29 is 23.5 Å². The van der Waals surface area contributed by atoms with Crippen LogP contribution in [0.3, 0.4) is 0 Å². The number of carbonyl (C=O) groups is 3. The number of carbonyl (C=O) groups excluding carboxylic acids is 3. The maximum Gasteiger partial charge on any atom is 0.242 e. The van der Waals surface area contributed by atoms with E-state index in [-0.39, 0.29) is 29.8 Å². The number of benzene rings is 2. The first-order valence-electron chi connectivity index (χ1n) is 14.6. The van der Waals surface area contributed by atoms with Gasteiger partial charge in [0.25, 0.3) is 0 Å². The van der Waals surface area contributed by atoms with Crippen molar-refractivity contribution in [3.63, 3.8) is 0 Å². The molecule has 3 aromatic rings. The number of ketones is 1. The van der Waals surface area contributed by atoms with Crippen molar-refractivity contribution in [2.24, 2.45) is 10.9 Å². The third-order valence-corrected chi connectivity index (χ3v) is 7.82. The van der Waals surface area contributed by atoms with Gasteiger partial charge in [0.05, 0.1) is 19.6 Å². The first-order chi connectivity index (χ1) is 20.9. The normalized spacial score (nSPS) is 18.0. The van der Waals surface area contributed by atoms with E-state index < -0.39 is 11.7 Å². The van der Waals surface area contributed by atoms with E-state index in [1.807, 2.05) is 30.0 Å². The third-order valence-electron chi connectivity index (χ3n) is 7.82. The van der Waals surface area contributed by atoms with E-state index in [1.54, 1.807) is 41.3 Å². The Hall–Kier alpha value is -4.91. The van der Waals surface area contributed by atoms with Crippen LogP contribution in [0.15, 0.2) is 69.3 Å². The van der Waals surface area contributed by atoms with Crippen LogP contribution >= 0.6 is 0 Å². The fourth-order valence-corrected chi connectivity index (χ4v) is 5.47. The van der Waals surface area contributed by atoms with Gasteiger partial charge < -0.3 is 24.3 Å². The number of likely N-dealkylation sites (tertiary alicyclic amines) is 2. The molecule has 0 saturated carbocycles. The predicted octanol–water partition coefficient (Wildman–Crippen LogP) is 5.10. The van der Waals surface area contributed by atoms with E-state index in [0.29, 0.717) is 35.5 Å². The molecular formula is C33H35N5O5. The Balaban J connectivity index is 1.45. The van der Waals surface area contributed by atoms with Gasteiger partial charge in [-0.25, -0.2) is 4.99 Å². The summed E-state index contributed by atoms with van der Waals surface area (Å²) in [4.78, 5) is 47.9. The lowest BCUT2D eigenvalue weighted by atomic mass is 10.0. The Morgan fingerprint density at radius 2 is 1.84 bits per heavy atom. The van der Waals surface area contributed by atoms with Crippen molar-refractivity contribution in [2.45, 2.75) is 39.0 Å². The van der Waals surface area contributed by atoms with Crippen molar-refractivity contribution in [2.75, 3.05) is 38.6 Å². The van der Waals surface area contributed by atoms with Crippen molar-refractivity contribution >= 4 is 40.5 Å². The van der Waals surface area contributed by atoms with Gasteiger partial charge in [-0.2, -0.15) is 5.26 Å². The topological polar surface area (TPSA) is 128 Å². The molecule has 2 aromatic carbocycles. The minimum atomic E-state index is -0.597. The fourth-order valence-electron chi connectivity index (χ4n) is 5.47. The van der Waals surface area contributed by atoms with Crippen LogP contribution in [-0.2, 0) is 9.59 Å². The number of methoxy groups -OCH3 is 1. The summed E-state index contributed by atoms with van der Waals surface area (Å²) >= 11 is 0. The van der Waals surface area contributed by atoms with Crippen LogP contribution in [0.1, 0.15) is 48.2 Å². The summed E-state index contributed by atoms with van der Waals surface area (Å²) in [5, 5.41) is 14.2. The molecule has 0 spiro atoms. The Bertz CT molecular complexity index is 1610. The van der Waals surface area contributed by atoms with Gasteiger partial charge in [-0.15, -0.1) is 0 Å². The summed E-state index contributed by atoms with van der Waals surface area (Å²) in [6.07, 6.45) is 5.60. The van der Waals surface area contributed by atoms with E-state index in [2.05, 4.69) is 10.3 Å². The van der Waals surface area contributed by atoms with Crippen molar-refractivity contribution in [1.82, 2.24) is 9.80 Å². The number of hydrogen-bond acceptors (Lipinski definition) is 8. The number of aryl methyl sites for hydroxylation is 1. The molecule has 5 rings (SSSR count). The molecule has 2 amide bonds. The molecule has 10 heteroatoms. The number of furan rings is 1. The predicted molar refractivity (Wildman–Crippen MR) is 163 cm³/mol. The number of nitriles is 1. The number of ether oxygens (including phenoxy) is 1. The van der Waals surface area contributed by atoms with Crippen LogP contribution in [0.2, 0.25) is 0 Å². The molecule has 222 valence electrons. The standard InChI is InChI=1S/C33H35N5O5/c1-22-17-25-18-26(10-13-29(25)43-22)36-32(28(19-34)31(40)23-8-11-27(42-2)12-9-23)35-20-24-7-3-4-16-38(33(24)41)21-30(39)37-14-5-6-15-37/h8-13,17-18,20,24,36H,3-7,14-16,21H2,1-2H3/b32-28-,35-20-. The summed E-state index contributed by atoms with van der Waals surface area (Å²) in [5.74, 6) is 0.0398. The molecule has 2 saturated heterocycles. The minimum absolute atomic E-state index is 0.0274. The summed E-state index contributed by atoms with van der Waals surface area (Å²) in [5.41, 5.74) is 1.40. The Morgan fingerprint density at radius 3 is 2.56 bits per heavy atom. The molecular weight excluding hydrogens is 546 g/mol. The molecule has 0 aliphatic carbocycles. The molecule has 2 aliphatic heterocycles. The number of amides is 2. The smallest absolute Gasteiger partial charge is 0.242 e. The van der Waals surface area contributed by atoms with E-state index >= 15 is 0 Å². The summed E-state index contributed by atoms with van der Waals surface area (Å²) in [6, 6.07) is 15.8. The van der Waals surface area contributed by atoms with Crippen molar-refractivity contribution in [3.05, 3.63) is 71.2 Å². The highest BCUT2D eigenvalue weighted by Gasteiger charge is 2.29. The monoisotopic (exact) mass is 581 g/mol. The van der Waals surface area contributed by atoms with Gasteiger partial charge in [-0.05, 0) is 81.1 Å². The number of fused-ring (bicyclic) bond motifs is 1. The van der Waals surface area contributed by atoms with Gasteiger partial charge in [0.2, 0.25) is 17.6 Å². The van der Waals surface area contributed by atoms with Crippen LogP contribution in [0.4, 0.5) is 5.69 Å². The second-order valence-corrected chi connectivity index (χ2v) is 10.9. The molecule has 1 unspecified atom stereocenters. The van der Waals surface area contributed by atoms with Gasteiger partial charge in [-0.1, -0.05) is 6.42 Å². The number of allylic oxidation sites excluding steroid dienone is 1. The van der Waals surface area contributed by atoms with Gasteiger partial charge >= 0.3 is 0 Å². The Morgan fingerprint density at radius 1 is 1.09 bits per heavy atom. The Kier molecular flexibility index (Phi) is 9.20. The number of aliphatic imine (C=N–C) groups is 1. The van der Waals surface area contributed by atoms with E-state index in [4.69, 9.17) is 9.15 Å². The molecule has 2 fully saturated rings. The summed E-state index contributed by atoms with van der Waals surface area (Å²) in [6.45, 7) is 3.88. The van der Waals surface area contributed by atoms with Gasteiger partial charge in [0, 0.05) is 42.5 Å².